The minimum Gasteiger partial charge on any atom is -0.356 e. The second-order valence-corrected chi connectivity index (χ2v) is 8.41. The zero-order valence-electron chi connectivity index (χ0n) is 17.0. The number of hydrogen-bond acceptors (Lipinski definition) is 4. The summed E-state index contributed by atoms with van der Waals surface area (Å²) in [6.07, 6.45) is 3.19. The molecule has 0 aliphatic carbocycles. The molecule has 1 aliphatic rings. The van der Waals surface area contributed by atoms with Gasteiger partial charge in [-0.05, 0) is 38.3 Å². The Bertz CT molecular complexity index is 838. The third kappa shape index (κ3) is 4.98. The van der Waals surface area contributed by atoms with Crippen molar-refractivity contribution in [2.75, 3.05) is 19.6 Å². The van der Waals surface area contributed by atoms with E-state index in [0.717, 1.165) is 54.2 Å². The van der Waals surface area contributed by atoms with E-state index in [0.29, 0.717) is 18.9 Å². The van der Waals surface area contributed by atoms with Gasteiger partial charge in [0, 0.05) is 49.3 Å². The van der Waals surface area contributed by atoms with Crippen molar-refractivity contribution in [3.05, 3.63) is 51.0 Å². The number of likely N-dealkylation sites (tertiary alicyclic amines) is 1. The van der Waals surface area contributed by atoms with Crippen LogP contribution in [0.25, 0.3) is 0 Å². The number of rotatable bonds is 6. The predicted molar refractivity (Wildman–Crippen MR) is 113 cm³/mol. The van der Waals surface area contributed by atoms with E-state index in [1.54, 1.807) is 11.3 Å². The fourth-order valence-electron chi connectivity index (χ4n) is 3.63. The van der Waals surface area contributed by atoms with Crippen LogP contribution in [0.3, 0.4) is 0 Å². The standard InChI is InChI=1S/C22H29N3O2S/c1-4-20(26)23-10-7-18-14-28-21(24-18)17-8-11-25(12-9-17)22(27)19-6-5-15(2)13-16(19)3/h5-6,13-14,17H,4,7-12H2,1-3H3,(H,23,26). The van der Waals surface area contributed by atoms with Crippen molar-refractivity contribution >= 4 is 23.2 Å². The topological polar surface area (TPSA) is 62.3 Å². The first-order valence-corrected chi connectivity index (χ1v) is 10.9. The molecule has 2 amide bonds. The normalized spacial score (nSPS) is 14.9. The zero-order valence-corrected chi connectivity index (χ0v) is 17.8. The molecule has 1 N–H and O–H groups in total. The number of aryl methyl sites for hydroxylation is 2. The van der Waals surface area contributed by atoms with Gasteiger partial charge in [0.2, 0.25) is 5.91 Å². The molecule has 0 spiro atoms. The van der Waals surface area contributed by atoms with Crippen molar-refractivity contribution < 1.29 is 9.59 Å². The SMILES string of the molecule is CCC(=O)NCCc1csc(C2CCN(C(=O)c3ccc(C)cc3C)CC2)n1. The minimum atomic E-state index is 0.0799. The van der Waals surface area contributed by atoms with E-state index in [-0.39, 0.29) is 11.8 Å². The van der Waals surface area contributed by atoms with Gasteiger partial charge in [-0.2, -0.15) is 0 Å². The molecule has 1 aromatic heterocycles. The summed E-state index contributed by atoms with van der Waals surface area (Å²) in [7, 11) is 0. The Kier molecular flexibility index (Phi) is 6.83. The lowest BCUT2D eigenvalue weighted by molar-refractivity contribution is -0.120. The summed E-state index contributed by atoms with van der Waals surface area (Å²) in [6.45, 7) is 8.10. The van der Waals surface area contributed by atoms with Gasteiger partial charge in [-0.3, -0.25) is 9.59 Å². The molecule has 0 unspecified atom stereocenters. The van der Waals surface area contributed by atoms with Gasteiger partial charge in [0.25, 0.3) is 5.91 Å². The van der Waals surface area contributed by atoms with Gasteiger partial charge < -0.3 is 10.2 Å². The second kappa shape index (κ2) is 9.32. The average Bonchev–Trinajstić information content (AvgIpc) is 3.16. The molecule has 6 heteroatoms. The van der Waals surface area contributed by atoms with Gasteiger partial charge in [-0.1, -0.05) is 24.6 Å². The molecule has 0 bridgehead atoms. The van der Waals surface area contributed by atoms with Crippen LogP contribution in [0, 0.1) is 13.8 Å². The molecule has 1 aromatic carbocycles. The third-order valence-corrected chi connectivity index (χ3v) is 6.39. The minimum absolute atomic E-state index is 0.0799. The lowest BCUT2D eigenvalue weighted by Gasteiger charge is -2.31. The Morgan fingerprint density at radius 1 is 1.25 bits per heavy atom. The number of carbonyl (C=O) groups is 2. The summed E-state index contributed by atoms with van der Waals surface area (Å²) in [6, 6.07) is 6.02. The van der Waals surface area contributed by atoms with E-state index in [2.05, 4.69) is 16.8 Å². The maximum Gasteiger partial charge on any atom is 0.254 e. The highest BCUT2D eigenvalue weighted by Gasteiger charge is 2.26. The second-order valence-electron chi connectivity index (χ2n) is 7.52. The van der Waals surface area contributed by atoms with Crippen molar-refractivity contribution in [3.63, 3.8) is 0 Å². The number of nitrogens with zero attached hydrogens (tertiary/aromatic N) is 2. The first-order valence-electron chi connectivity index (χ1n) is 10.1. The predicted octanol–water partition coefficient (Wildman–Crippen LogP) is 3.85. The van der Waals surface area contributed by atoms with E-state index in [1.807, 2.05) is 37.8 Å². The molecule has 2 heterocycles. The number of aromatic nitrogens is 1. The lowest BCUT2D eigenvalue weighted by atomic mass is 9.96. The molecule has 28 heavy (non-hydrogen) atoms. The molecular formula is C22H29N3O2S. The number of benzene rings is 1. The molecule has 150 valence electrons. The van der Waals surface area contributed by atoms with Crippen molar-refractivity contribution in [1.29, 1.82) is 0 Å². The smallest absolute Gasteiger partial charge is 0.254 e. The van der Waals surface area contributed by atoms with Gasteiger partial charge in [-0.15, -0.1) is 11.3 Å². The largest absolute Gasteiger partial charge is 0.356 e. The van der Waals surface area contributed by atoms with Crippen LogP contribution >= 0.6 is 11.3 Å². The molecule has 1 saturated heterocycles. The van der Waals surface area contributed by atoms with Gasteiger partial charge in [0.05, 0.1) is 10.7 Å². The monoisotopic (exact) mass is 399 g/mol. The van der Waals surface area contributed by atoms with Crippen molar-refractivity contribution in [1.82, 2.24) is 15.2 Å². The highest BCUT2D eigenvalue weighted by molar-refractivity contribution is 7.09. The Hall–Kier alpha value is -2.21. The molecule has 3 rings (SSSR count). The van der Waals surface area contributed by atoms with E-state index < -0.39 is 0 Å². The summed E-state index contributed by atoms with van der Waals surface area (Å²) in [4.78, 5) is 30.9. The molecule has 2 aromatic rings. The van der Waals surface area contributed by atoms with E-state index >= 15 is 0 Å². The van der Waals surface area contributed by atoms with Crippen LogP contribution in [0.4, 0.5) is 0 Å². The molecule has 0 atom stereocenters. The first-order chi connectivity index (χ1) is 13.5. The summed E-state index contributed by atoms with van der Waals surface area (Å²) >= 11 is 1.70. The van der Waals surface area contributed by atoms with Crippen LogP contribution in [0.5, 0.6) is 0 Å². The van der Waals surface area contributed by atoms with Gasteiger partial charge >= 0.3 is 0 Å². The van der Waals surface area contributed by atoms with Crippen molar-refractivity contribution in [3.8, 4) is 0 Å². The van der Waals surface area contributed by atoms with Crippen LogP contribution < -0.4 is 5.32 Å². The Morgan fingerprint density at radius 2 is 2.00 bits per heavy atom. The molecule has 0 radical (unpaired) electrons. The fourth-order valence-corrected chi connectivity index (χ4v) is 4.66. The number of hydrogen-bond donors (Lipinski definition) is 1. The van der Waals surface area contributed by atoms with Gasteiger partial charge in [0.1, 0.15) is 0 Å². The van der Waals surface area contributed by atoms with Gasteiger partial charge in [0.15, 0.2) is 0 Å². The number of thiazole rings is 1. The van der Waals surface area contributed by atoms with Crippen LogP contribution in [0.1, 0.15) is 64.3 Å². The molecule has 1 fully saturated rings. The lowest BCUT2D eigenvalue weighted by Crippen LogP contribution is -2.38. The zero-order chi connectivity index (χ0) is 20.1. The summed E-state index contributed by atoms with van der Waals surface area (Å²) in [5, 5.41) is 6.15. The number of carbonyl (C=O) groups excluding carboxylic acids is 2. The maximum atomic E-state index is 12.9. The van der Waals surface area contributed by atoms with Gasteiger partial charge in [-0.25, -0.2) is 4.98 Å². The molecule has 1 aliphatic heterocycles. The third-order valence-electron chi connectivity index (χ3n) is 5.34. The number of nitrogens with one attached hydrogen (secondary N) is 1. The highest BCUT2D eigenvalue weighted by atomic mass is 32.1. The van der Waals surface area contributed by atoms with E-state index in [1.165, 1.54) is 5.56 Å². The summed E-state index contributed by atoms with van der Waals surface area (Å²) in [5.74, 6) is 0.644. The molecule has 5 nitrogen and oxygen atoms in total. The maximum absolute atomic E-state index is 12.9. The van der Waals surface area contributed by atoms with Crippen LogP contribution in [0.2, 0.25) is 0 Å². The van der Waals surface area contributed by atoms with Crippen molar-refractivity contribution in [2.24, 2.45) is 0 Å². The van der Waals surface area contributed by atoms with Crippen LogP contribution in [-0.2, 0) is 11.2 Å². The fraction of sp³-hybridized carbons (Fsp3) is 0.500. The van der Waals surface area contributed by atoms with E-state index in [9.17, 15) is 9.59 Å². The Balaban J connectivity index is 1.52. The Labute approximate surface area is 171 Å². The van der Waals surface area contributed by atoms with Crippen LogP contribution in [0.15, 0.2) is 23.6 Å². The van der Waals surface area contributed by atoms with Crippen molar-refractivity contribution in [2.45, 2.75) is 52.4 Å². The summed E-state index contributed by atoms with van der Waals surface area (Å²) in [5.41, 5.74) is 4.09. The highest BCUT2D eigenvalue weighted by Crippen LogP contribution is 2.31. The van der Waals surface area contributed by atoms with E-state index in [4.69, 9.17) is 4.98 Å². The molecular weight excluding hydrogens is 370 g/mol. The Morgan fingerprint density at radius 3 is 2.68 bits per heavy atom. The van der Waals surface area contributed by atoms with Crippen LogP contribution in [-0.4, -0.2) is 41.3 Å². The number of piperidine rings is 1. The quantitative estimate of drug-likeness (QED) is 0.803. The number of amides is 2. The average molecular weight is 400 g/mol. The summed E-state index contributed by atoms with van der Waals surface area (Å²) < 4.78 is 0. The molecule has 0 saturated carbocycles. The first kappa shape index (κ1) is 20.5.